The highest BCUT2D eigenvalue weighted by Crippen LogP contribution is 2.19. The van der Waals surface area contributed by atoms with Crippen molar-refractivity contribution in [3.63, 3.8) is 0 Å². The number of rotatable bonds is 4. The van der Waals surface area contributed by atoms with Gasteiger partial charge in [-0.15, -0.1) is 10.2 Å². The SMILES string of the molecule is Cc1ccncc1CNc1cccc(-c2nn[nH]n2)c1. The summed E-state index contributed by atoms with van der Waals surface area (Å²) in [6.07, 6.45) is 3.68. The van der Waals surface area contributed by atoms with Gasteiger partial charge in [0, 0.05) is 30.2 Å². The van der Waals surface area contributed by atoms with E-state index in [1.165, 1.54) is 11.1 Å². The van der Waals surface area contributed by atoms with Crippen molar-refractivity contribution in [3.05, 3.63) is 53.9 Å². The Morgan fingerprint density at radius 1 is 1.25 bits per heavy atom. The molecule has 0 unspecified atom stereocenters. The summed E-state index contributed by atoms with van der Waals surface area (Å²) in [6.45, 7) is 2.81. The van der Waals surface area contributed by atoms with Crippen LogP contribution in [0.4, 0.5) is 5.69 Å². The van der Waals surface area contributed by atoms with E-state index in [0.717, 1.165) is 17.8 Å². The Morgan fingerprint density at radius 2 is 2.20 bits per heavy atom. The predicted molar refractivity (Wildman–Crippen MR) is 75.9 cm³/mol. The molecule has 100 valence electrons. The zero-order chi connectivity index (χ0) is 13.8. The van der Waals surface area contributed by atoms with E-state index in [1.54, 1.807) is 6.20 Å². The van der Waals surface area contributed by atoms with Crippen LogP contribution >= 0.6 is 0 Å². The lowest BCUT2D eigenvalue weighted by Crippen LogP contribution is -2.01. The zero-order valence-corrected chi connectivity index (χ0v) is 11.0. The van der Waals surface area contributed by atoms with Gasteiger partial charge in [-0.1, -0.05) is 12.1 Å². The van der Waals surface area contributed by atoms with Crippen molar-refractivity contribution in [1.82, 2.24) is 25.6 Å². The highest BCUT2D eigenvalue weighted by Gasteiger charge is 2.04. The lowest BCUT2D eigenvalue weighted by molar-refractivity contribution is 0.881. The molecule has 0 aliphatic rings. The number of hydrogen-bond donors (Lipinski definition) is 2. The van der Waals surface area contributed by atoms with Crippen LogP contribution in [0.1, 0.15) is 11.1 Å². The Hall–Kier alpha value is -2.76. The van der Waals surface area contributed by atoms with Gasteiger partial charge in [0.15, 0.2) is 0 Å². The Labute approximate surface area is 116 Å². The number of aromatic amines is 1. The van der Waals surface area contributed by atoms with Gasteiger partial charge in [0.2, 0.25) is 5.82 Å². The fraction of sp³-hybridized carbons (Fsp3) is 0.143. The summed E-state index contributed by atoms with van der Waals surface area (Å²) in [5.41, 5.74) is 4.33. The number of pyridine rings is 1. The first-order valence-corrected chi connectivity index (χ1v) is 6.30. The van der Waals surface area contributed by atoms with E-state index in [1.807, 2.05) is 36.5 Å². The standard InChI is InChI=1S/C14H14N6/c1-10-5-6-15-8-12(10)9-16-13-4-2-3-11(7-13)14-17-19-20-18-14/h2-8,16H,9H2,1H3,(H,17,18,19,20). The van der Waals surface area contributed by atoms with Gasteiger partial charge in [-0.2, -0.15) is 5.21 Å². The average Bonchev–Trinajstić information content (AvgIpc) is 3.01. The van der Waals surface area contributed by atoms with E-state index in [4.69, 9.17) is 0 Å². The summed E-state index contributed by atoms with van der Waals surface area (Å²) < 4.78 is 0. The molecule has 0 aliphatic carbocycles. The molecule has 0 fully saturated rings. The van der Waals surface area contributed by atoms with Gasteiger partial charge in [-0.05, 0) is 41.5 Å². The quantitative estimate of drug-likeness (QED) is 0.756. The summed E-state index contributed by atoms with van der Waals surface area (Å²) in [4.78, 5) is 4.14. The lowest BCUT2D eigenvalue weighted by Gasteiger charge is -2.09. The number of nitrogens with one attached hydrogen (secondary N) is 2. The van der Waals surface area contributed by atoms with Gasteiger partial charge in [-0.3, -0.25) is 4.98 Å². The monoisotopic (exact) mass is 266 g/mol. The van der Waals surface area contributed by atoms with Gasteiger partial charge in [0.1, 0.15) is 0 Å². The Morgan fingerprint density at radius 3 is 3.00 bits per heavy atom. The number of aromatic nitrogens is 5. The lowest BCUT2D eigenvalue weighted by atomic mass is 10.1. The van der Waals surface area contributed by atoms with Crippen LogP contribution in [0, 0.1) is 6.92 Å². The molecule has 0 bridgehead atoms. The highest BCUT2D eigenvalue weighted by molar-refractivity contribution is 5.61. The van der Waals surface area contributed by atoms with Crippen molar-refractivity contribution in [2.24, 2.45) is 0 Å². The molecule has 2 heterocycles. The molecule has 3 rings (SSSR count). The molecule has 2 N–H and O–H groups in total. The topological polar surface area (TPSA) is 79.4 Å². The summed E-state index contributed by atoms with van der Waals surface area (Å²) >= 11 is 0. The van der Waals surface area contributed by atoms with E-state index < -0.39 is 0 Å². The Balaban J connectivity index is 1.75. The molecule has 2 aromatic heterocycles. The normalized spacial score (nSPS) is 10.4. The molecule has 0 saturated heterocycles. The van der Waals surface area contributed by atoms with E-state index in [2.05, 4.69) is 37.8 Å². The molecule has 0 amide bonds. The van der Waals surface area contributed by atoms with E-state index >= 15 is 0 Å². The molecule has 6 heteroatoms. The summed E-state index contributed by atoms with van der Waals surface area (Å²) in [6, 6.07) is 9.92. The van der Waals surface area contributed by atoms with E-state index in [0.29, 0.717) is 5.82 Å². The number of benzene rings is 1. The number of H-pyrrole nitrogens is 1. The molecule has 0 spiro atoms. The molecular formula is C14H14N6. The van der Waals surface area contributed by atoms with E-state index in [9.17, 15) is 0 Å². The molecular weight excluding hydrogens is 252 g/mol. The molecule has 1 aromatic carbocycles. The van der Waals surface area contributed by atoms with Crippen LogP contribution < -0.4 is 5.32 Å². The predicted octanol–water partition coefficient (Wildman–Crippen LogP) is 2.18. The molecule has 0 radical (unpaired) electrons. The summed E-state index contributed by atoms with van der Waals surface area (Å²) in [5.74, 6) is 0.589. The molecule has 20 heavy (non-hydrogen) atoms. The van der Waals surface area contributed by atoms with Crippen LogP contribution in [-0.4, -0.2) is 25.6 Å². The van der Waals surface area contributed by atoms with Crippen LogP contribution in [0.5, 0.6) is 0 Å². The number of tetrazole rings is 1. The number of aryl methyl sites for hydroxylation is 1. The van der Waals surface area contributed by atoms with E-state index in [-0.39, 0.29) is 0 Å². The second-order valence-electron chi connectivity index (χ2n) is 4.47. The summed E-state index contributed by atoms with van der Waals surface area (Å²) in [5, 5.41) is 17.4. The molecule has 6 nitrogen and oxygen atoms in total. The second-order valence-corrected chi connectivity index (χ2v) is 4.47. The maximum Gasteiger partial charge on any atom is 0.204 e. The minimum atomic E-state index is 0.589. The van der Waals surface area contributed by atoms with Crippen molar-refractivity contribution in [2.45, 2.75) is 13.5 Å². The molecule has 0 atom stereocenters. The molecule has 0 saturated carbocycles. The summed E-state index contributed by atoms with van der Waals surface area (Å²) in [7, 11) is 0. The van der Waals surface area contributed by atoms with Crippen LogP contribution in [0.3, 0.4) is 0 Å². The third kappa shape index (κ3) is 2.64. The van der Waals surface area contributed by atoms with Crippen LogP contribution in [0.25, 0.3) is 11.4 Å². The Bertz CT molecular complexity index is 692. The van der Waals surface area contributed by atoms with Crippen molar-refractivity contribution in [2.75, 3.05) is 5.32 Å². The van der Waals surface area contributed by atoms with Gasteiger partial charge in [0.25, 0.3) is 0 Å². The first kappa shape index (κ1) is 12.3. The number of nitrogens with zero attached hydrogens (tertiary/aromatic N) is 4. The van der Waals surface area contributed by atoms with Gasteiger partial charge in [-0.25, -0.2) is 0 Å². The third-order valence-corrected chi connectivity index (χ3v) is 3.10. The minimum absolute atomic E-state index is 0.589. The van der Waals surface area contributed by atoms with Crippen molar-refractivity contribution in [3.8, 4) is 11.4 Å². The second kappa shape index (κ2) is 5.48. The average molecular weight is 266 g/mol. The molecule has 0 aliphatic heterocycles. The fourth-order valence-corrected chi connectivity index (χ4v) is 1.93. The zero-order valence-electron chi connectivity index (χ0n) is 11.0. The van der Waals surface area contributed by atoms with Gasteiger partial charge >= 0.3 is 0 Å². The number of anilines is 1. The third-order valence-electron chi connectivity index (χ3n) is 3.10. The Kier molecular flexibility index (Phi) is 3.36. The first-order valence-electron chi connectivity index (χ1n) is 6.30. The molecule has 3 aromatic rings. The maximum atomic E-state index is 4.14. The highest BCUT2D eigenvalue weighted by atomic mass is 15.5. The van der Waals surface area contributed by atoms with Crippen LogP contribution in [-0.2, 0) is 6.54 Å². The van der Waals surface area contributed by atoms with Gasteiger partial charge in [0.05, 0.1) is 0 Å². The van der Waals surface area contributed by atoms with Crippen LogP contribution in [0.2, 0.25) is 0 Å². The van der Waals surface area contributed by atoms with Crippen molar-refractivity contribution < 1.29 is 0 Å². The fourth-order valence-electron chi connectivity index (χ4n) is 1.93. The largest absolute Gasteiger partial charge is 0.381 e. The number of hydrogen-bond acceptors (Lipinski definition) is 5. The first-order chi connectivity index (χ1) is 9.83. The van der Waals surface area contributed by atoms with Crippen molar-refractivity contribution in [1.29, 1.82) is 0 Å². The maximum absolute atomic E-state index is 4.14. The van der Waals surface area contributed by atoms with Crippen LogP contribution in [0.15, 0.2) is 42.7 Å². The van der Waals surface area contributed by atoms with Gasteiger partial charge < -0.3 is 5.32 Å². The smallest absolute Gasteiger partial charge is 0.204 e. The minimum Gasteiger partial charge on any atom is -0.381 e. The van der Waals surface area contributed by atoms with Crippen molar-refractivity contribution >= 4 is 5.69 Å².